The van der Waals surface area contributed by atoms with E-state index in [-0.39, 0.29) is 0 Å². The lowest BCUT2D eigenvalue weighted by Gasteiger charge is -2.09. The smallest absolute Gasteiger partial charge is 0.255 e. The molecule has 0 bridgehead atoms. The van der Waals surface area contributed by atoms with Crippen molar-refractivity contribution in [3.8, 4) is 11.1 Å². The van der Waals surface area contributed by atoms with Crippen molar-refractivity contribution in [2.24, 2.45) is 5.14 Å². The number of hydrogen-bond donors (Lipinski definition) is 2. The van der Waals surface area contributed by atoms with Crippen molar-refractivity contribution in [1.29, 1.82) is 0 Å². The van der Waals surface area contributed by atoms with Crippen LogP contribution in [0.25, 0.3) is 17.2 Å². The van der Waals surface area contributed by atoms with E-state index in [9.17, 15) is 21.2 Å². The van der Waals surface area contributed by atoms with Crippen LogP contribution < -0.4 is 9.86 Å². The molecule has 3 aromatic rings. The highest BCUT2D eigenvalue weighted by Crippen LogP contribution is 2.23. The Bertz CT molecular complexity index is 1260. The van der Waals surface area contributed by atoms with E-state index >= 15 is 0 Å². The summed E-state index contributed by atoms with van der Waals surface area (Å²) in [5.74, 6) is -0.810. The maximum Gasteiger partial charge on any atom is 0.255 e. The van der Waals surface area contributed by atoms with Gasteiger partial charge in [0.2, 0.25) is 10.0 Å². The van der Waals surface area contributed by atoms with Gasteiger partial charge in [0.05, 0.1) is 11.1 Å². The number of halogens is 1. The molecule has 0 spiro atoms. The van der Waals surface area contributed by atoms with Gasteiger partial charge in [-0.3, -0.25) is 4.72 Å². The molecule has 3 rings (SSSR count). The van der Waals surface area contributed by atoms with Crippen molar-refractivity contribution >= 4 is 31.8 Å². The van der Waals surface area contributed by atoms with Gasteiger partial charge in [-0.25, -0.2) is 26.4 Å². The third kappa shape index (κ3) is 5.50. The van der Waals surface area contributed by atoms with E-state index in [2.05, 4.69) is 0 Å². The van der Waals surface area contributed by atoms with Crippen LogP contribution in [0.1, 0.15) is 5.56 Å². The van der Waals surface area contributed by atoms with Crippen molar-refractivity contribution < 1.29 is 21.2 Å². The Morgan fingerprint density at radius 2 is 1.45 bits per heavy atom. The van der Waals surface area contributed by atoms with Crippen LogP contribution in [0.5, 0.6) is 0 Å². The summed E-state index contributed by atoms with van der Waals surface area (Å²) < 4.78 is 63.2. The highest BCUT2D eigenvalue weighted by molar-refractivity contribution is 7.95. The van der Waals surface area contributed by atoms with Gasteiger partial charge < -0.3 is 0 Å². The molecular formula is C20H17FN2O4S2. The molecule has 0 aliphatic heterocycles. The molecule has 0 atom stereocenters. The molecule has 0 aliphatic carbocycles. The van der Waals surface area contributed by atoms with E-state index in [0.29, 0.717) is 5.56 Å². The second kappa shape index (κ2) is 8.16. The fourth-order valence-electron chi connectivity index (χ4n) is 2.60. The molecule has 6 nitrogen and oxygen atoms in total. The summed E-state index contributed by atoms with van der Waals surface area (Å²) in [7, 11) is -8.35. The SMILES string of the molecule is NS(=O)(=O)c1ccc(F)cc1NS(=O)(=O)C=Cc1ccc(-c2ccccc2)cc1. The molecule has 150 valence electrons. The van der Waals surface area contributed by atoms with Crippen LogP contribution in [0, 0.1) is 5.82 Å². The molecule has 0 aliphatic rings. The third-order valence-electron chi connectivity index (χ3n) is 3.96. The number of benzene rings is 3. The number of nitrogens with one attached hydrogen (secondary N) is 1. The van der Waals surface area contributed by atoms with Crippen LogP contribution in [0.15, 0.2) is 83.1 Å². The first-order valence-electron chi connectivity index (χ1n) is 8.33. The molecular weight excluding hydrogens is 415 g/mol. The van der Waals surface area contributed by atoms with Gasteiger partial charge in [0.15, 0.2) is 0 Å². The van der Waals surface area contributed by atoms with E-state index in [1.807, 2.05) is 47.2 Å². The number of hydrogen-bond acceptors (Lipinski definition) is 4. The van der Waals surface area contributed by atoms with Gasteiger partial charge in [-0.15, -0.1) is 0 Å². The normalized spacial score (nSPS) is 12.2. The fraction of sp³-hybridized carbons (Fsp3) is 0. The van der Waals surface area contributed by atoms with E-state index in [1.165, 1.54) is 6.08 Å². The molecule has 0 unspecified atom stereocenters. The lowest BCUT2D eigenvalue weighted by molar-refractivity contribution is 0.597. The van der Waals surface area contributed by atoms with Crippen LogP contribution in [-0.4, -0.2) is 16.8 Å². The molecule has 0 radical (unpaired) electrons. The quantitative estimate of drug-likeness (QED) is 0.621. The molecule has 0 amide bonds. The lowest BCUT2D eigenvalue weighted by atomic mass is 10.0. The summed E-state index contributed by atoms with van der Waals surface area (Å²) >= 11 is 0. The van der Waals surface area contributed by atoms with Gasteiger partial charge >= 0.3 is 0 Å². The van der Waals surface area contributed by atoms with Gasteiger partial charge in [0.25, 0.3) is 10.0 Å². The van der Waals surface area contributed by atoms with Gasteiger partial charge in [-0.2, -0.15) is 0 Å². The van der Waals surface area contributed by atoms with Crippen molar-refractivity contribution in [2.45, 2.75) is 4.90 Å². The summed E-state index contributed by atoms with van der Waals surface area (Å²) in [4.78, 5) is -0.525. The molecule has 3 N–H and O–H groups in total. The highest BCUT2D eigenvalue weighted by Gasteiger charge is 2.18. The number of nitrogens with two attached hydrogens (primary N) is 1. The Hall–Kier alpha value is -3.01. The van der Waals surface area contributed by atoms with E-state index in [1.54, 1.807) is 12.1 Å². The van der Waals surface area contributed by atoms with Crippen molar-refractivity contribution in [1.82, 2.24) is 0 Å². The predicted octanol–water partition coefficient (Wildman–Crippen LogP) is 3.55. The first-order valence-corrected chi connectivity index (χ1v) is 11.4. The maximum absolute atomic E-state index is 13.5. The Kier molecular flexibility index (Phi) is 5.83. The van der Waals surface area contributed by atoms with E-state index in [4.69, 9.17) is 5.14 Å². The minimum atomic E-state index is -4.24. The second-order valence-electron chi connectivity index (χ2n) is 6.12. The first-order chi connectivity index (χ1) is 13.6. The number of rotatable bonds is 6. The Morgan fingerprint density at radius 3 is 2.07 bits per heavy atom. The lowest BCUT2D eigenvalue weighted by Crippen LogP contribution is -2.17. The van der Waals surface area contributed by atoms with Crippen molar-refractivity contribution in [3.05, 3.63) is 89.6 Å². The van der Waals surface area contributed by atoms with Crippen LogP contribution in [0.3, 0.4) is 0 Å². The average molecular weight is 432 g/mol. The second-order valence-corrected chi connectivity index (χ2v) is 9.22. The Labute approximate surface area is 168 Å². The zero-order chi connectivity index (χ0) is 21.1. The third-order valence-corrected chi connectivity index (χ3v) is 5.93. The molecule has 3 aromatic carbocycles. The van der Waals surface area contributed by atoms with Crippen LogP contribution in [0.4, 0.5) is 10.1 Å². The van der Waals surface area contributed by atoms with Gasteiger partial charge in [0, 0.05) is 0 Å². The summed E-state index contributed by atoms with van der Waals surface area (Å²) in [6.07, 6.45) is 1.34. The topological polar surface area (TPSA) is 106 Å². The monoisotopic (exact) mass is 432 g/mol. The largest absolute Gasteiger partial charge is 0.279 e. The zero-order valence-corrected chi connectivity index (χ0v) is 16.6. The summed E-state index contributed by atoms with van der Waals surface area (Å²) in [5, 5.41) is 5.91. The zero-order valence-electron chi connectivity index (χ0n) is 15.0. The number of anilines is 1. The molecule has 9 heteroatoms. The first kappa shape index (κ1) is 20.7. The molecule has 29 heavy (non-hydrogen) atoms. The molecule has 0 saturated carbocycles. The summed E-state index contributed by atoms with van der Waals surface area (Å²) in [5.41, 5.74) is 2.15. The average Bonchev–Trinajstić information content (AvgIpc) is 2.66. The standard InChI is InChI=1S/C20H17FN2O4S2/c21-18-10-11-20(29(22,26)27)19(14-18)23-28(24,25)13-12-15-6-8-17(9-7-15)16-4-2-1-3-5-16/h1-14,23H,(H2,22,26,27). The van der Waals surface area contributed by atoms with Crippen molar-refractivity contribution in [3.63, 3.8) is 0 Å². The maximum atomic E-state index is 13.5. The van der Waals surface area contributed by atoms with Gasteiger partial charge in [-0.1, -0.05) is 54.6 Å². The summed E-state index contributed by atoms with van der Waals surface area (Å²) in [6, 6.07) is 19.4. The minimum Gasteiger partial charge on any atom is -0.279 e. The highest BCUT2D eigenvalue weighted by atomic mass is 32.2. The molecule has 0 heterocycles. The van der Waals surface area contributed by atoms with Gasteiger partial charge in [0.1, 0.15) is 10.7 Å². The van der Waals surface area contributed by atoms with Gasteiger partial charge in [-0.05, 0) is 41.0 Å². The van der Waals surface area contributed by atoms with E-state index in [0.717, 1.165) is 34.7 Å². The van der Waals surface area contributed by atoms with Crippen LogP contribution >= 0.6 is 0 Å². The Morgan fingerprint density at radius 1 is 0.828 bits per heavy atom. The van der Waals surface area contributed by atoms with Crippen LogP contribution in [0.2, 0.25) is 0 Å². The van der Waals surface area contributed by atoms with Crippen LogP contribution in [-0.2, 0) is 20.0 Å². The van der Waals surface area contributed by atoms with Crippen molar-refractivity contribution in [2.75, 3.05) is 4.72 Å². The predicted molar refractivity (Wildman–Crippen MR) is 111 cm³/mol. The number of primary sulfonamides is 1. The number of sulfonamides is 2. The molecule has 0 aromatic heterocycles. The van der Waals surface area contributed by atoms with E-state index < -0.39 is 36.4 Å². The fourth-order valence-corrected chi connectivity index (χ4v) is 4.22. The minimum absolute atomic E-state index is 0.462. The molecule has 0 saturated heterocycles. The molecule has 0 fully saturated rings. The summed E-state index contributed by atoms with van der Waals surface area (Å²) in [6.45, 7) is 0. The Balaban J connectivity index is 1.82.